The Morgan fingerprint density at radius 3 is 2.47 bits per heavy atom. The Morgan fingerprint density at radius 2 is 1.94 bits per heavy atom. The van der Waals surface area contributed by atoms with Gasteiger partial charge in [0.15, 0.2) is 6.29 Å². The molecule has 0 N–H and O–H groups in total. The molecule has 0 unspecified atom stereocenters. The number of carbonyl (C=O) groups is 1. The standard InChI is InChI=1S/C12H10F3NO/c1-7-3-4-10-8(5-7)9(6-17)11(16(10)2)12(13,14)15/h3-6H,1-2H3. The molecule has 0 aliphatic rings. The lowest BCUT2D eigenvalue weighted by Crippen LogP contribution is -2.13. The van der Waals surface area contributed by atoms with E-state index in [4.69, 9.17) is 0 Å². The lowest BCUT2D eigenvalue weighted by atomic mass is 10.1. The molecule has 2 nitrogen and oxygen atoms in total. The maximum Gasteiger partial charge on any atom is 0.432 e. The summed E-state index contributed by atoms with van der Waals surface area (Å²) in [6.07, 6.45) is -4.26. The van der Waals surface area contributed by atoms with Crippen LogP contribution < -0.4 is 0 Å². The number of benzene rings is 1. The van der Waals surface area contributed by atoms with E-state index in [1.165, 1.54) is 7.05 Å². The SMILES string of the molecule is Cc1ccc2c(c1)c(C=O)c(C(F)(F)F)n2C. The quantitative estimate of drug-likeness (QED) is 0.702. The van der Waals surface area contributed by atoms with Crippen molar-refractivity contribution in [3.8, 4) is 0 Å². The Kier molecular flexibility index (Phi) is 2.49. The third kappa shape index (κ3) is 1.71. The normalized spacial score (nSPS) is 12.1. The van der Waals surface area contributed by atoms with Gasteiger partial charge in [0.25, 0.3) is 0 Å². The second-order valence-electron chi connectivity index (χ2n) is 3.96. The Balaban J connectivity index is 2.94. The first kappa shape index (κ1) is 11.7. The molecule has 0 aliphatic heterocycles. The minimum atomic E-state index is -4.53. The van der Waals surface area contributed by atoms with Gasteiger partial charge >= 0.3 is 6.18 Å². The van der Waals surface area contributed by atoms with Gasteiger partial charge in [0.2, 0.25) is 0 Å². The summed E-state index contributed by atoms with van der Waals surface area (Å²) in [5, 5.41) is 0.342. The molecule has 0 atom stereocenters. The lowest BCUT2D eigenvalue weighted by molar-refractivity contribution is -0.143. The predicted molar refractivity (Wildman–Crippen MR) is 58.0 cm³/mol. The molecule has 1 aromatic heterocycles. The average molecular weight is 241 g/mol. The van der Waals surface area contributed by atoms with Gasteiger partial charge in [-0.1, -0.05) is 11.6 Å². The Hall–Kier alpha value is -1.78. The summed E-state index contributed by atoms with van der Waals surface area (Å²) in [5.74, 6) is 0. The van der Waals surface area contributed by atoms with E-state index in [-0.39, 0.29) is 11.8 Å². The van der Waals surface area contributed by atoms with E-state index in [0.29, 0.717) is 10.9 Å². The van der Waals surface area contributed by atoms with E-state index in [2.05, 4.69) is 0 Å². The number of carbonyl (C=O) groups excluding carboxylic acids is 1. The van der Waals surface area contributed by atoms with Crippen molar-refractivity contribution in [2.45, 2.75) is 13.1 Å². The van der Waals surface area contributed by atoms with Gasteiger partial charge in [0.1, 0.15) is 5.69 Å². The van der Waals surface area contributed by atoms with Gasteiger partial charge in [0.05, 0.1) is 5.56 Å². The fraction of sp³-hybridized carbons (Fsp3) is 0.250. The van der Waals surface area contributed by atoms with Crippen LogP contribution in [-0.2, 0) is 13.2 Å². The van der Waals surface area contributed by atoms with Crippen molar-refractivity contribution in [2.75, 3.05) is 0 Å². The first-order valence-electron chi connectivity index (χ1n) is 4.97. The third-order valence-corrected chi connectivity index (χ3v) is 2.78. The molecule has 0 bridgehead atoms. The molecule has 2 aromatic rings. The second kappa shape index (κ2) is 3.61. The van der Waals surface area contributed by atoms with Gasteiger partial charge < -0.3 is 4.57 Å². The van der Waals surface area contributed by atoms with Gasteiger partial charge in [-0.15, -0.1) is 0 Å². The molecular weight excluding hydrogens is 231 g/mol. The highest BCUT2D eigenvalue weighted by Crippen LogP contribution is 2.36. The summed E-state index contributed by atoms with van der Waals surface area (Å²) in [5.41, 5.74) is 0.0387. The molecule has 1 aromatic carbocycles. The zero-order valence-electron chi connectivity index (χ0n) is 9.30. The summed E-state index contributed by atoms with van der Waals surface area (Å²) in [7, 11) is 1.31. The second-order valence-corrected chi connectivity index (χ2v) is 3.96. The number of aromatic nitrogens is 1. The van der Waals surface area contributed by atoms with Crippen LogP contribution in [0.3, 0.4) is 0 Å². The molecule has 2 rings (SSSR count). The van der Waals surface area contributed by atoms with Crippen molar-refractivity contribution >= 4 is 17.2 Å². The molecule has 17 heavy (non-hydrogen) atoms. The summed E-state index contributed by atoms with van der Waals surface area (Å²) >= 11 is 0. The molecule has 90 valence electrons. The minimum Gasteiger partial charge on any atom is -0.339 e. The first-order valence-corrected chi connectivity index (χ1v) is 4.97. The number of hydrogen-bond donors (Lipinski definition) is 0. The molecule has 0 radical (unpaired) electrons. The van der Waals surface area contributed by atoms with Crippen molar-refractivity contribution < 1.29 is 18.0 Å². The van der Waals surface area contributed by atoms with Gasteiger partial charge in [-0.2, -0.15) is 13.2 Å². The zero-order chi connectivity index (χ0) is 12.8. The van der Waals surface area contributed by atoms with Crippen LogP contribution >= 0.6 is 0 Å². The Bertz CT molecular complexity index is 596. The van der Waals surface area contributed by atoms with E-state index in [1.54, 1.807) is 25.1 Å². The van der Waals surface area contributed by atoms with E-state index < -0.39 is 11.9 Å². The fourth-order valence-electron chi connectivity index (χ4n) is 2.05. The zero-order valence-corrected chi connectivity index (χ0v) is 9.30. The maximum absolute atomic E-state index is 12.9. The van der Waals surface area contributed by atoms with Gasteiger partial charge in [-0.05, 0) is 19.1 Å². The molecule has 5 heteroatoms. The molecule has 0 aliphatic carbocycles. The summed E-state index contributed by atoms with van der Waals surface area (Å²) in [6.45, 7) is 1.77. The van der Waals surface area contributed by atoms with Crippen LogP contribution in [0.25, 0.3) is 10.9 Å². The maximum atomic E-state index is 12.9. The van der Waals surface area contributed by atoms with E-state index in [0.717, 1.165) is 10.1 Å². The predicted octanol–water partition coefficient (Wildman–Crippen LogP) is 3.32. The molecule has 0 spiro atoms. The van der Waals surface area contributed by atoms with Gasteiger partial charge in [-0.3, -0.25) is 4.79 Å². The lowest BCUT2D eigenvalue weighted by Gasteiger charge is -2.08. The van der Waals surface area contributed by atoms with E-state index in [1.807, 2.05) is 0 Å². The number of nitrogens with zero attached hydrogens (tertiary/aromatic N) is 1. The van der Waals surface area contributed by atoms with Crippen molar-refractivity contribution in [1.82, 2.24) is 4.57 Å². The largest absolute Gasteiger partial charge is 0.432 e. The van der Waals surface area contributed by atoms with E-state index in [9.17, 15) is 18.0 Å². The summed E-state index contributed by atoms with van der Waals surface area (Å²) < 4.78 is 39.6. The number of hydrogen-bond acceptors (Lipinski definition) is 1. The Labute approximate surface area is 95.7 Å². The molecular formula is C12H10F3NO. The molecule has 0 saturated carbocycles. The van der Waals surface area contributed by atoms with Crippen LogP contribution in [0.5, 0.6) is 0 Å². The van der Waals surface area contributed by atoms with Crippen LogP contribution in [-0.4, -0.2) is 10.9 Å². The van der Waals surface area contributed by atoms with Gasteiger partial charge in [-0.25, -0.2) is 0 Å². The molecule has 0 fully saturated rings. The topological polar surface area (TPSA) is 22.0 Å². The summed E-state index contributed by atoms with van der Waals surface area (Å²) in [6, 6.07) is 4.90. The number of alkyl halides is 3. The highest BCUT2D eigenvalue weighted by atomic mass is 19.4. The van der Waals surface area contributed by atoms with Gasteiger partial charge in [0, 0.05) is 18.0 Å². The van der Waals surface area contributed by atoms with Crippen molar-refractivity contribution in [3.63, 3.8) is 0 Å². The van der Waals surface area contributed by atoms with Crippen molar-refractivity contribution in [3.05, 3.63) is 35.0 Å². The Morgan fingerprint density at radius 1 is 1.29 bits per heavy atom. The number of aldehydes is 1. The number of rotatable bonds is 1. The minimum absolute atomic E-state index is 0.268. The van der Waals surface area contributed by atoms with Crippen LogP contribution in [0.15, 0.2) is 18.2 Å². The summed E-state index contributed by atoms with van der Waals surface area (Å²) in [4.78, 5) is 10.9. The highest BCUT2D eigenvalue weighted by Gasteiger charge is 2.38. The van der Waals surface area contributed by atoms with Crippen LogP contribution in [0.1, 0.15) is 21.6 Å². The molecule has 0 amide bonds. The smallest absolute Gasteiger partial charge is 0.339 e. The van der Waals surface area contributed by atoms with Crippen molar-refractivity contribution in [1.29, 1.82) is 0 Å². The van der Waals surface area contributed by atoms with E-state index >= 15 is 0 Å². The average Bonchev–Trinajstić information content (AvgIpc) is 2.50. The van der Waals surface area contributed by atoms with Crippen LogP contribution in [0.2, 0.25) is 0 Å². The van der Waals surface area contributed by atoms with Crippen LogP contribution in [0, 0.1) is 6.92 Å². The number of halogens is 3. The number of aryl methyl sites for hydroxylation is 2. The highest BCUT2D eigenvalue weighted by molar-refractivity contribution is 6.00. The molecule has 0 saturated heterocycles. The monoisotopic (exact) mass is 241 g/mol. The fourth-order valence-corrected chi connectivity index (χ4v) is 2.05. The van der Waals surface area contributed by atoms with Crippen molar-refractivity contribution in [2.24, 2.45) is 7.05 Å². The third-order valence-electron chi connectivity index (χ3n) is 2.78. The first-order chi connectivity index (χ1) is 7.86. The number of fused-ring (bicyclic) bond motifs is 1. The van der Waals surface area contributed by atoms with Crippen LogP contribution in [0.4, 0.5) is 13.2 Å². The molecule has 1 heterocycles.